The Labute approximate surface area is 173 Å². The second kappa shape index (κ2) is 7.45. The predicted octanol–water partition coefficient (Wildman–Crippen LogP) is 4.21. The number of amides is 1. The average molecular weight is 435 g/mol. The van der Waals surface area contributed by atoms with E-state index in [-0.39, 0.29) is 22.9 Å². The van der Waals surface area contributed by atoms with Crippen molar-refractivity contribution in [3.63, 3.8) is 0 Å². The van der Waals surface area contributed by atoms with E-state index in [1.54, 1.807) is 29.1 Å². The largest absolute Gasteiger partial charge is 0.433 e. The van der Waals surface area contributed by atoms with Gasteiger partial charge in [0.2, 0.25) is 0 Å². The summed E-state index contributed by atoms with van der Waals surface area (Å²) < 4.78 is 42.0. The van der Waals surface area contributed by atoms with Crippen LogP contribution in [0.15, 0.2) is 48.7 Å². The molecule has 1 amide bonds. The zero-order valence-corrected chi connectivity index (χ0v) is 16.2. The third-order valence-corrected chi connectivity index (χ3v) is 4.43. The summed E-state index contributed by atoms with van der Waals surface area (Å²) in [6.07, 6.45) is -2.97. The number of carbonyl (C=O) groups excluding carboxylic acids is 1. The van der Waals surface area contributed by atoms with Crippen molar-refractivity contribution in [1.82, 2.24) is 24.4 Å². The van der Waals surface area contributed by atoms with Crippen LogP contribution in [0.4, 0.5) is 19.0 Å². The number of alkyl halides is 3. The van der Waals surface area contributed by atoms with Crippen molar-refractivity contribution >= 4 is 29.0 Å². The van der Waals surface area contributed by atoms with E-state index in [2.05, 4.69) is 20.5 Å². The van der Waals surface area contributed by atoms with E-state index in [1.807, 2.05) is 12.1 Å². The van der Waals surface area contributed by atoms with Gasteiger partial charge in [0.25, 0.3) is 5.91 Å². The first-order chi connectivity index (χ1) is 14.2. The van der Waals surface area contributed by atoms with Crippen LogP contribution in [0.25, 0.3) is 5.65 Å². The minimum Gasteiger partial charge on any atom is -0.304 e. The maximum Gasteiger partial charge on any atom is 0.433 e. The van der Waals surface area contributed by atoms with Gasteiger partial charge in [-0.2, -0.15) is 23.4 Å². The van der Waals surface area contributed by atoms with Gasteiger partial charge in [-0.1, -0.05) is 23.7 Å². The van der Waals surface area contributed by atoms with Crippen molar-refractivity contribution in [1.29, 1.82) is 0 Å². The Hall–Kier alpha value is -3.40. The highest BCUT2D eigenvalue weighted by molar-refractivity contribution is 6.30. The Balaban J connectivity index is 1.54. The normalized spacial score (nSPS) is 11.8. The summed E-state index contributed by atoms with van der Waals surface area (Å²) in [6, 6.07) is 10.9. The monoisotopic (exact) mass is 434 g/mol. The van der Waals surface area contributed by atoms with Crippen LogP contribution in [0.5, 0.6) is 0 Å². The summed E-state index contributed by atoms with van der Waals surface area (Å²) in [6.45, 7) is 1.87. The molecule has 11 heteroatoms. The molecule has 1 aromatic carbocycles. The van der Waals surface area contributed by atoms with E-state index in [4.69, 9.17) is 11.6 Å². The minimum absolute atomic E-state index is 0.0704. The highest BCUT2D eigenvalue weighted by Gasteiger charge is 2.35. The van der Waals surface area contributed by atoms with Gasteiger partial charge in [-0.25, -0.2) is 9.50 Å². The molecule has 7 nitrogen and oxygen atoms in total. The molecule has 4 aromatic rings. The number of hydrogen-bond acceptors (Lipinski definition) is 4. The van der Waals surface area contributed by atoms with Crippen LogP contribution in [0.3, 0.4) is 0 Å². The summed E-state index contributed by atoms with van der Waals surface area (Å²) in [5.41, 5.74) is -0.191. The number of benzene rings is 1. The van der Waals surface area contributed by atoms with Gasteiger partial charge in [-0.3, -0.25) is 9.48 Å². The quantitative estimate of drug-likeness (QED) is 0.522. The van der Waals surface area contributed by atoms with Crippen molar-refractivity contribution in [3.05, 3.63) is 76.3 Å². The summed E-state index contributed by atoms with van der Waals surface area (Å²) in [7, 11) is 0. The van der Waals surface area contributed by atoms with Crippen LogP contribution in [0.2, 0.25) is 5.02 Å². The molecule has 0 saturated heterocycles. The van der Waals surface area contributed by atoms with Crippen LogP contribution in [0, 0.1) is 6.92 Å². The van der Waals surface area contributed by atoms with E-state index >= 15 is 0 Å². The number of carbonyl (C=O) groups is 1. The van der Waals surface area contributed by atoms with Crippen LogP contribution in [-0.2, 0) is 12.7 Å². The molecule has 3 heterocycles. The van der Waals surface area contributed by atoms with E-state index in [0.29, 0.717) is 16.1 Å². The molecule has 0 fully saturated rings. The summed E-state index contributed by atoms with van der Waals surface area (Å²) in [4.78, 5) is 16.5. The fourth-order valence-electron chi connectivity index (χ4n) is 2.93. The molecule has 0 radical (unpaired) electrons. The number of hydrogen-bond donors (Lipinski definition) is 1. The first-order valence-corrected chi connectivity index (χ1v) is 9.11. The summed E-state index contributed by atoms with van der Waals surface area (Å²) in [5.74, 6) is -0.460. The fourth-order valence-corrected chi connectivity index (χ4v) is 3.15. The Morgan fingerprint density at radius 3 is 2.70 bits per heavy atom. The van der Waals surface area contributed by atoms with Crippen LogP contribution in [-0.4, -0.2) is 30.3 Å². The lowest BCUT2D eigenvalue weighted by Crippen LogP contribution is -2.16. The molecule has 0 spiro atoms. The SMILES string of the molecule is Cc1cc(C(F)(F)F)n2nc(C(=O)Nc3ccn(Cc4cccc(Cl)c4)n3)cc2n1. The highest BCUT2D eigenvalue weighted by Crippen LogP contribution is 2.30. The number of rotatable bonds is 4. The number of anilines is 1. The summed E-state index contributed by atoms with van der Waals surface area (Å²) >= 11 is 5.96. The number of aryl methyl sites for hydroxylation is 1. The maximum absolute atomic E-state index is 13.3. The molecule has 4 rings (SSSR count). The van der Waals surface area contributed by atoms with Gasteiger partial charge in [0, 0.05) is 29.0 Å². The van der Waals surface area contributed by atoms with Gasteiger partial charge < -0.3 is 5.32 Å². The first kappa shape index (κ1) is 19.9. The lowest BCUT2D eigenvalue weighted by molar-refractivity contribution is -0.142. The van der Waals surface area contributed by atoms with Gasteiger partial charge >= 0.3 is 6.18 Å². The average Bonchev–Trinajstić information content (AvgIpc) is 3.27. The number of fused-ring (bicyclic) bond motifs is 1. The Bertz CT molecular complexity index is 1250. The van der Waals surface area contributed by atoms with E-state index in [0.717, 1.165) is 11.6 Å². The molecule has 154 valence electrons. The van der Waals surface area contributed by atoms with E-state index < -0.39 is 17.8 Å². The minimum atomic E-state index is -4.63. The van der Waals surface area contributed by atoms with Gasteiger partial charge in [-0.05, 0) is 30.7 Å². The second-order valence-corrected chi connectivity index (χ2v) is 7.00. The molecule has 30 heavy (non-hydrogen) atoms. The van der Waals surface area contributed by atoms with Gasteiger partial charge in [0.15, 0.2) is 17.2 Å². The van der Waals surface area contributed by atoms with Crippen molar-refractivity contribution in [2.45, 2.75) is 19.6 Å². The Kier molecular flexibility index (Phi) is 4.94. The molecule has 0 aliphatic carbocycles. The fraction of sp³-hybridized carbons (Fsp3) is 0.158. The maximum atomic E-state index is 13.3. The van der Waals surface area contributed by atoms with Crippen molar-refractivity contribution < 1.29 is 18.0 Å². The lowest BCUT2D eigenvalue weighted by Gasteiger charge is -2.09. The Morgan fingerprint density at radius 1 is 1.17 bits per heavy atom. The topological polar surface area (TPSA) is 77.1 Å². The first-order valence-electron chi connectivity index (χ1n) is 8.73. The highest BCUT2D eigenvalue weighted by atomic mass is 35.5. The number of nitrogens with one attached hydrogen (secondary N) is 1. The molecule has 3 aromatic heterocycles. The summed E-state index contributed by atoms with van der Waals surface area (Å²) in [5, 5.41) is 11.1. The number of aromatic nitrogens is 5. The molecule has 0 bridgehead atoms. The van der Waals surface area contributed by atoms with Gasteiger partial charge in [0.1, 0.15) is 5.69 Å². The van der Waals surface area contributed by atoms with Crippen LogP contribution < -0.4 is 5.32 Å². The van der Waals surface area contributed by atoms with Gasteiger partial charge in [-0.15, -0.1) is 0 Å². The zero-order chi connectivity index (χ0) is 21.5. The zero-order valence-electron chi connectivity index (χ0n) is 15.5. The third kappa shape index (κ3) is 4.13. The predicted molar refractivity (Wildman–Crippen MR) is 103 cm³/mol. The van der Waals surface area contributed by atoms with Gasteiger partial charge in [0.05, 0.1) is 6.54 Å². The molecular weight excluding hydrogens is 421 g/mol. The molecule has 0 aliphatic heterocycles. The van der Waals surface area contributed by atoms with Crippen molar-refractivity contribution in [2.75, 3.05) is 5.32 Å². The van der Waals surface area contributed by atoms with E-state index in [1.165, 1.54) is 13.0 Å². The van der Waals surface area contributed by atoms with Crippen LogP contribution in [0.1, 0.15) is 27.4 Å². The molecule has 0 unspecified atom stereocenters. The number of halogens is 4. The third-order valence-electron chi connectivity index (χ3n) is 4.19. The van der Waals surface area contributed by atoms with Crippen molar-refractivity contribution in [2.24, 2.45) is 0 Å². The lowest BCUT2D eigenvalue weighted by atomic mass is 10.2. The molecule has 0 atom stereocenters. The standard InChI is InChI=1S/C19H14ClF3N6O/c1-11-7-15(19(21,22)23)29-17(24-11)9-14(26-29)18(30)25-16-5-6-28(27-16)10-12-3-2-4-13(20)8-12/h2-9H,10H2,1H3,(H,25,27,30). The van der Waals surface area contributed by atoms with Crippen LogP contribution >= 0.6 is 11.6 Å². The number of nitrogens with zero attached hydrogens (tertiary/aromatic N) is 5. The Morgan fingerprint density at radius 2 is 1.97 bits per heavy atom. The molecule has 1 N–H and O–H groups in total. The smallest absolute Gasteiger partial charge is 0.304 e. The van der Waals surface area contributed by atoms with E-state index in [9.17, 15) is 18.0 Å². The molecule has 0 aliphatic rings. The second-order valence-electron chi connectivity index (χ2n) is 6.56. The molecular formula is C19H14ClF3N6O. The molecule has 0 saturated carbocycles. The van der Waals surface area contributed by atoms with Crippen molar-refractivity contribution in [3.8, 4) is 0 Å².